The summed E-state index contributed by atoms with van der Waals surface area (Å²) in [6.45, 7) is -0.323. The van der Waals surface area contributed by atoms with Gasteiger partial charge in [-0.2, -0.15) is 0 Å². The third-order valence-corrected chi connectivity index (χ3v) is 2.35. The van der Waals surface area contributed by atoms with Crippen molar-refractivity contribution in [2.75, 3.05) is 11.4 Å². The summed E-state index contributed by atoms with van der Waals surface area (Å²) >= 11 is 0. The highest BCUT2D eigenvalue weighted by Gasteiger charge is 2.33. The second-order valence-electron chi connectivity index (χ2n) is 3.48. The van der Waals surface area contributed by atoms with Gasteiger partial charge >= 0.3 is 12.0 Å². The van der Waals surface area contributed by atoms with Gasteiger partial charge in [-0.25, -0.2) is 23.3 Å². The molecule has 1 fully saturated rings. The van der Waals surface area contributed by atoms with Gasteiger partial charge in [0.25, 0.3) is 5.91 Å². The number of aromatic carboxylic acids is 1. The van der Waals surface area contributed by atoms with Crippen molar-refractivity contribution in [3.63, 3.8) is 0 Å². The van der Waals surface area contributed by atoms with Crippen LogP contribution in [0.3, 0.4) is 0 Å². The molecule has 1 aromatic carbocycles. The van der Waals surface area contributed by atoms with E-state index in [0.717, 1.165) is 0 Å². The van der Waals surface area contributed by atoms with Crippen LogP contribution in [-0.4, -0.2) is 29.6 Å². The standard InChI is InChI=1S/C10H6F2N2O4/c11-5-1-4(9(16)17)7(2-6(5)12)14-8(15)3-13-10(14)18/h1-2H,3H2,(H,13,18)(H,16,17). The maximum Gasteiger partial charge on any atom is 0.337 e. The number of amides is 3. The first-order chi connectivity index (χ1) is 8.41. The minimum absolute atomic E-state index is 0.323. The molecule has 0 aromatic heterocycles. The molecule has 0 radical (unpaired) electrons. The number of benzene rings is 1. The summed E-state index contributed by atoms with van der Waals surface area (Å²) in [7, 11) is 0. The number of hydrogen-bond donors (Lipinski definition) is 2. The molecule has 3 amide bonds. The second kappa shape index (κ2) is 4.06. The molecule has 0 unspecified atom stereocenters. The van der Waals surface area contributed by atoms with Crippen LogP contribution in [0.5, 0.6) is 0 Å². The molecule has 1 saturated heterocycles. The predicted molar refractivity (Wildman–Crippen MR) is 54.2 cm³/mol. The van der Waals surface area contributed by atoms with E-state index < -0.39 is 40.8 Å². The molecule has 0 atom stereocenters. The fraction of sp³-hybridized carbons (Fsp3) is 0.100. The maximum atomic E-state index is 13.1. The molecule has 2 rings (SSSR count). The van der Waals surface area contributed by atoms with Crippen molar-refractivity contribution in [1.82, 2.24) is 5.32 Å². The zero-order valence-electron chi connectivity index (χ0n) is 8.74. The van der Waals surface area contributed by atoms with Gasteiger partial charge in [0.1, 0.15) is 0 Å². The number of rotatable bonds is 2. The average Bonchev–Trinajstić information content (AvgIpc) is 2.62. The number of halogens is 2. The Hall–Kier alpha value is -2.51. The van der Waals surface area contributed by atoms with E-state index in [1.54, 1.807) is 0 Å². The lowest BCUT2D eigenvalue weighted by Crippen LogP contribution is -2.32. The summed E-state index contributed by atoms with van der Waals surface area (Å²) in [5.74, 6) is -5.03. The smallest absolute Gasteiger partial charge is 0.337 e. The number of nitrogens with one attached hydrogen (secondary N) is 1. The highest BCUT2D eigenvalue weighted by Crippen LogP contribution is 2.25. The predicted octanol–water partition coefficient (Wildman–Crippen LogP) is 0.719. The van der Waals surface area contributed by atoms with Crippen LogP contribution in [0.15, 0.2) is 12.1 Å². The zero-order valence-corrected chi connectivity index (χ0v) is 8.74. The Balaban J connectivity index is 2.62. The Morgan fingerprint density at radius 3 is 2.39 bits per heavy atom. The largest absolute Gasteiger partial charge is 0.478 e. The second-order valence-corrected chi connectivity index (χ2v) is 3.48. The van der Waals surface area contributed by atoms with Crippen LogP contribution in [0.4, 0.5) is 19.3 Å². The number of urea groups is 1. The van der Waals surface area contributed by atoms with Crippen LogP contribution >= 0.6 is 0 Å². The number of carbonyl (C=O) groups excluding carboxylic acids is 2. The Morgan fingerprint density at radius 1 is 1.28 bits per heavy atom. The third-order valence-electron chi connectivity index (χ3n) is 2.35. The number of imide groups is 1. The Labute approximate surface area is 98.8 Å². The molecule has 6 nitrogen and oxygen atoms in total. The van der Waals surface area contributed by atoms with E-state index in [0.29, 0.717) is 17.0 Å². The van der Waals surface area contributed by atoms with Crippen LogP contribution in [0, 0.1) is 11.6 Å². The monoisotopic (exact) mass is 256 g/mol. The van der Waals surface area contributed by atoms with Gasteiger partial charge in [-0.05, 0) is 6.07 Å². The van der Waals surface area contributed by atoms with E-state index in [9.17, 15) is 23.2 Å². The first-order valence-electron chi connectivity index (χ1n) is 4.75. The first kappa shape index (κ1) is 12.0. The summed E-state index contributed by atoms with van der Waals surface area (Å²) in [6.07, 6.45) is 0. The number of carboxylic acids is 1. The highest BCUT2D eigenvalue weighted by atomic mass is 19.2. The van der Waals surface area contributed by atoms with Gasteiger partial charge in [-0.1, -0.05) is 0 Å². The summed E-state index contributed by atoms with van der Waals surface area (Å²) in [6, 6.07) is 0.0431. The van der Waals surface area contributed by atoms with E-state index in [1.807, 2.05) is 0 Å². The van der Waals surface area contributed by atoms with E-state index in [2.05, 4.69) is 5.32 Å². The minimum atomic E-state index is -1.57. The number of hydrogen-bond acceptors (Lipinski definition) is 3. The number of carbonyl (C=O) groups is 3. The topological polar surface area (TPSA) is 86.7 Å². The lowest BCUT2D eigenvalue weighted by Gasteiger charge is -2.15. The van der Waals surface area contributed by atoms with Crippen molar-refractivity contribution < 1.29 is 28.3 Å². The average molecular weight is 256 g/mol. The summed E-state index contributed by atoms with van der Waals surface area (Å²) < 4.78 is 26.1. The van der Waals surface area contributed by atoms with Crippen LogP contribution in [0.2, 0.25) is 0 Å². The first-order valence-corrected chi connectivity index (χ1v) is 4.75. The van der Waals surface area contributed by atoms with Gasteiger partial charge in [0.05, 0.1) is 17.8 Å². The van der Waals surface area contributed by atoms with E-state index in [4.69, 9.17) is 5.11 Å². The van der Waals surface area contributed by atoms with Crippen molar-refractivity contribution >= 4 is 23.6 Å². The van der Waals surface area contributed by atoms with Crippen molar-refractivity contribution in [3.8, 4) is 0 Å². The fourth-order valence-electron chi connectivity index (χ4n) is 1.56. The van der Waals surface area contributed by atoms with E-state index in [1.165, 1.54) is 0 Å². The van der Waals surface area contributed by atoms with Crippen molar-refractivity contribution in [2.24, 2.45) is 0 Å². The number of anilines is 1. The summed E-state index contributed by atoms with van der Waals surface area (Å²) in [5, 5.41) is 11.0. The van der Waals surface area contributed by atoms with Crippen molar-refractivity contribution in [1.29, 1.82) is 0 Å². The molecular formula is C10H6F2N2O4. The van der Waals surface area contributed by atoms with Crippen LogP contribution in [-0.2, 0) is 4.79 Å². The molecule has 1 aliphatic rings. The molecule has 8 heteroatoms. The number of carboxylic acid groups (broad SMARTS) is 1. The normalized spacial score (nSPS) is 14.9. The lowest BCUT2D eigenvalue weighted by molar-refractivity contribution is -0.115. The molecule has 94 valence electrons. The lowest BCUT2D eigenvalue weighted by atomic mass is 10.1. The van der Waals surface area contributed by atoms with Crippen molar-refractivity contribution in [2.45, 2.75) is 0 Å². The maximum absolute atomic E-state index is 13.1. The molecule has 1 heterocycles. The molecule has 18 heavy (non-hydrogen) atoms. The molecule has 2 N–H and O–H groups in total. The molecule has 0 bridgehead atoms. The van der Waals surface area contributed by atoms with Crippen LogP contribution in [0.25, 0.3) is 0 Å². The Morgan fingerprint density at radius 2 is 1.89 bits per heavy atom. The summed E-state index contributed by atoms with van der Waals surface area (Å²) in [4.78, 5) is 34.1. The molecule has 1 aliphatic heterocycles. The zero-order chi connectivity index (χ0) is 13.4. The fourth-order valence-corrected chi connectivity index (χ4v) is 1.56. The SMILES string of the molecule is O=C(O)c1cc(F)c(F)cc1N1C(=O)CNC1=O. The number of nitrogens with zero attached hydrogens (tertiary/aromatic N) is 1. The molecule has 0 spiro atoms. The van der Waals surface area contributed by atoms with E-state index >= 15 is 0 Å². The van der Waals surface area contributed by atoms with E-state index in [-0.39, 0.29) is 6.54 Å². The highest BCUT2D eigenvalue weighted by molar-refractivity contribution is 6.21. The quantitative estimate of drug-likeness (QED) is 0.763. The van der Waals surface area contributed by atoms with Crippen LogP contribution in [0.1, 0.15) is 10.4 Å². The van der Waals surface area contributed by atoms with Gasteiger partial charge in [0.2, 0.25) is 0 Å². The Bertz CT molecular complexity index is 557. The van der Waals surface area contributed by atoms with Gasteiger partial charge in [-0.3, -0.25) is 4.79 Å². The van der Waals surface area contributed by atoms with Gasteiger partial charge in [-0.15, -0.1) is 0 Å². The summed E-state index contributed by atoms with van der Waals surface area (Å²) in [5.41, 5.74) is -1.17. The van der Waals surface area contributed by atoms with Crippen LogP contribution < -0.4 is 10.2 Å². The van der Waals surface area contributed by atoms with Gasteiger partial charge in [0.15, 0.2) is 11.6 Å². The molecule has 0 aliphatic carbocycles. The molecule has 1 aromatic rings. The van der Waals surface area contributed by atoms with Gasteiger partial charge < -0.3 is 10.4 Å². The third kappa shape index (κ3) is 1.77. The minimum Gasteiger partial charge on any atom is -0.478 e. The Kier molecular flexibility index (Phi) is 2.70. The van der Waals surface area contributed by atoms with Crippen molar-refractivity contribution in [3.05, 3.63) is 29.3 Å². The molecular weight excluding hydrogens is 250 g/mol. The van der Waals surface area contributed by atoms with Gasteiger partial charge in [0, 0.05) is 6.07 Å². The molecule has 0 saturated carbocycles.